The maximum absolute atomic E-state index is 13.3. The number of nitrogens with zero attached hydrogens (tertiary/aromatic N) is 1. The van der Waals surface area contributed by atoms with Crippen LogP contribution in [0.1, 0.15) is 26.3 Å². The number of hydrogen-bond donors (Lipinski definition) is 1. The van der Waals surface area contributed by atoms with Gasteiger partial charge in [0.2, 0.25) is 0 Å². The van der Waals surface area contributed by atoms with E-state index in [1.807, 2.05) is 24.3 Å². The highest BCUT2D eigenvalue weighted by Gasteiger charge is 2.25. The Bertz CT molecular complexity index is 1080. The quantitative estimate of drug-likeness (QED) is 0.714. The zero-order chi connectivity index (χ0) is 19.7. The SMILES string of the molecule is CN1C(=O)c2ccccc2Sc2ccc(C(=O)NCc3cccc(F)c3)cc21. The lowest BCUT2D eigenvalue weighted by Gasteiger charge is -2.18. The van der Waals surface area contributed by atoms with Crippen molar-refractivity contribution in [3.05, 3.63) is 89.2 Å². The van der Waals surface area contributed by atoms with Gasteiger partial charge in [0, 0.05) is 28.9 Å². The van der Waals surface area contributed by atoms with E-state index in [2.05, 4.69) is 5.32 Å². The van der Waals surface area contributed by atoms with E-state index in [0.717, 1.165) is 9.79 Å². The van der Waals surface area contributed by atoms with Crippen molar-refractivity contribution >= 4 is 29.3 Å². The first-order chi connectivity index (χ1) is 13.5. The van der Waals surface area contributed by atoms with Gasteiger partial charge in [0.05, 0.1) is 11.3 Å². The van der Waals surface area contributed by atoms with E-state index in [4.69, 9.17) is 0 Å². The molecule has 0 saturated carbocycles. The first-order valence-electron chi connectivity index (χ1n) is 8.74. The normalized spacial score (nSPS) is 12.8. The number of rotatable bonds is 3. The zero-order valence-electron chi connectivity index (χ0n) is 15.1. The van der Waals surface area contributed by atoms with Crippen LogP contribution in [0.2, 0.25) is 0 Å². The molecule has 0 spiro atoms. The van der Waals surface area contributed by atoms with E-state index < -0.39 is 0 Å². The van der Waals surface area contributed by atoms with Crippen molar-refractivity contribution in [2.75, 3.05) is 11.9 Å². The van der Waals surface area contributed by atoms with Crippen molar-refractivity contribution in [1.29, 1.82) is 0 Å². The van der Waals surface area contributed by atoms with Gasteiger partial charge in [-0.25, -0.2) is 4.39 Å². The minimum atomic E-state index is -0.339. The molecule has 3 aromatic rings. The summed E-state index contributed by atoms with van der Waals surface area (Å²) in [7, 11) is 1.71. The lowest BCUT2D eigenvalue weighted by Crippen LogP contribution is -2.27. The van der Waals surface area contributed by atoms with Gasteiger partial charge in [-0.3, -0.25) is 9.59 Å². The molecule has 1 N–H and O–H groups in total. The smallest absolute Gasteiger partial charge is 0.259 e. The fourth-order valence-corrected chi connectivity index (χ4v) is 4.16. The summed E-state index contributed by atoms with van der Waals surface area (Å²) >= 11 is 1.51. The van der Waals surface area contributed by atoms with E-state index >= 15 is 0 Å². The first kappa shape index (κ1) is 18.3. The topological polar surface area (TPSA) is 49.4 Å². The molecular formula is C22H17FN2O2S. The van der Waals surface area contributed by atoms with E-state index in [-0.39, 0.29) is 24.2 Å². The molecule has 0 aromatic heterocycles. The molecule has 2 amide bonds. The third kappa shape index (κ3) is 3.51. The minimum Gasteiger partial charge on any atom is -0.348 e. The maximum Gasteiger partial charge on any atom is 0.259 e. The lowest BCUT2D eigenvalue weighted by atomic mass is 10.1. The Labute approximate surface area is 166 Å². The van der Waals surface area contributed by atoms with E-state index in [1.165, 1.54) is 23.9 Å². The van der Waals surface area contributed by atoms with Crippen LogP contribution in [0.15, 0.2) is 76.5 Å². The summed E-state index contributed by atoms with van der Waals surface area (Å²) in [6.07, 6.45) is 0. The Hall–Kier alpha value is -3.12. The number of benzene rings is 3. The van der Waals surface area contributed by atoms with Crippen LogP contribution in [0.5, 0.6) is 0 Å². The van der Waals surface area contributed by atoms with Crippen molar-refractivity contribution < 1.29 is 14.0 Å². The first-order valence-corrected chi connectivity index (χ1v) is 9.56. The fourth-order valence-electron chi connectivity index (χ4n) is 3.08. The van der Waals surface area contributed by atoms with Crippen molar-refractivity contribution in [3.63, 3.8) is 0 Å². The second kappa shape index (κ2) is 7.48. The molecule has 0 fully saturated rings. The molecule has 1 aliphatic heterocycles. The van der Waals surface area contributed by atoms with Crippen molar-refractivity contribution in [1.82, 2.24) is 5.32 Å². The van der Waals surface area contributed by atoms with Crippen LogP contribution in [-0.4, -0.2) is 18.9 Å². The van der Waals surface area contributed by atoms with Crippen LogP contribution in [-0.2, 0) is 6.54 Å². The maximum atomic E-state index is 13.3. The lowest BCUT2D eigenvalue weighted by molar-refractivity contribution is 0.0948. The van der Waals surface area contributed by atoms with Gasteiger partial charge >= 0.3 is 0 Å². The summed E-state index contributed by atoms with van der Waals surface area (Å²) in [5.74, 6) is -0.729. The molecule has 4 nitrogen and oxygen atoms in total. The molecule has 3 aromatic carbocycles. The second-order valence-corrected chi connectivity index (χ2v) is 7.54. The summed E-state index contributed by atoms with van der Waals surface area (Å²) in [5, 5.41) is 2.79. The molecule has 0 saturated heterocycles. The van der Waals surface area contributed by atoms with Crippen LogP contribution >= 0.6 is 11.8 Å². The van der Waals surface area contributed by atoms with Gasteiger partial charge in [0.15, 0.2) is 0 Å². The van der Waals surface area contributed by atoms with Gasteiger partial charge in [0.25, 0.3) is 11.8 Å². The predicted molar refractivity (Wildman–Crippen MR) is 107 cm³/mol. The van der Waals surface area contributed by atoms with Crippen LogP contribution in [0.4, 0.5) is 10.1 Å². The summed E-state index contributed by atoms with van der Waals surface area (Å²) in [5.41, 5.74) is 2.45. The largest absolute Gasteiger partial charge is 0.348 e. The third-order valence-electron chi connectivity index (χ3n) is 4.57. The standard InChI is InChI=1S/C22H17FN2O2S/c1-25-18-12-15(21(26)24-13-14-5-4-6-16(23)11-14)9-10-20(18)28-19-8-3-2-7-17(19)22(25)27/h2-12H,13H2,1H3,(H,24,26). The number of amides is 2. The predicted octanol–water partition coefficient (Wildman–Crippen LogP) is 4.50. The van der Waals surface area contributed by atoms with Gasteiger partial charge in [-0.1, -0.05) is 36.0 Å². The van der Waals surface area contributed by atoms with Crippen LogP contribution in [0.25, 0.3) is 0 Å². The van der Waals surface area contributed by atoms with Gasteiger partial charge in [-0.2, -0.15) is 0 Å². The van der Waals surface area contributed by atoms with Crippen LogP contribution in [0.3, 0.4) is 0 Å². The molecule has 0 atom stereocenters. The Kier molecular flexibility index (Phi) is 4.88. The Balaban J connectivity index is 1.58. The second-order valence-electron chi connectivity index (χ2n) is 6.46. The van der Waals surface area contributed by atoms with Gasteiger partial charge in [-0.15, -0.1) is 0 Å². The van der Waals surface area contributed by atoms with E-state index in [1.54, 1.807) is 42.3 Å². The number of fused-ring (bicyclic) bond motifs is 2. The highest BCUT2D eigenvalue weighted by atomic mass is 32.2. The Morgan fingerprint density at radius 1 is 1.04 bits per heavy atom. The molecule has 140 valence electrons. The number of carbonyl (C=O) groups is 2. The summed E-state index contributed by atoms with van der Waals surface area (Å²) < 4.78 is 13.3. The third-order valence-corrected chi connectivity index (χ3v) is 5.71. The Morgan fingerprint density at radius 2 is 1.86 bits per heavy atom. The summed E-state index contributed by atoms with van der Waals surface area (Å²) in [6, 6.07) is 18.9. The number of carbonyl (C=O) groups excluding carboxylic acids is 2. The van der Waals surface area contributed by atoms with E-state index in [0.29, 0.717) is 22.4 Å². The Morgan fingerprint density at radius 3 is 2.68 bits per heavy atom. The molecule has 6 heteroatoms. The summed E-state index contributed by atoms with van der Waals surface area (Å²) in [6.45, 7) is 0.225. The van der Waals surface area contributed by atoms with Gasteiger partial charge < -0.3 is 10.2 Å². The molecule has 4 rings (SSSR count). The molecule has 0 bridgehead atoms. The number of anilines is 1. The van der Waals surface area contributed by atoms with Gasteiger partial charge in [0.1, 0.15) is 5.82 Å². The molecule has 28 heavy (non-hydrogen) atoms. The molecule has 1 aliphatic rings. The molecule has 0 radical (unpaired) electrons. The fraction of sp³-hybridized carbons (Fsp3) is 0.0909. The number of hydrogen-bond acceptors (Lipinski definition) is 3. The monoisotopic (exact) mass is 392 g/mol. The molecule has 0 unspecified atom stereocenters. The molecule has 0 aliphatic carbocycles. The van der Waals surface area contributed by atoms with Crippen molar-refractivity contribution in [2.24, 2.45) is 0 Å². The van der Waals surface area contributed by atoms with Crippen LogP contribution < -0.4 is 10.2 Å². The average Bonchev–Trinajstić information content (AvgIpc) is 2.81. The van der Waals surface area contributed by atoms with Crippen molar-refractivity contribution in [3.8, 4) is 0 Å². The molecular weight excluding hydrogens is 375 g/mol. The number of halogens is 1. The van der Waals surface area contributed by atoms with Crippen LogP contribution in [0, 0.1) is 5.82 Å². The highest BCUT2D eigenvalue weighted by Crippen LogP contribution is 2.41. The average molecular weight is 392 g/mol. The summed E-state index contributed by atoms with van der Waals surface area (Å²) in [4.78, 5) is 28.7. The highest BCUT2D eigenvalue weighted by molar-refractivity contribution is 7.99. The number of nitrogens with one attached hydrogen (secondary N) is 1. The zero-order valence-corrected chi connectivity index (χ0v) is 15.9. The van der Waals surface area contributed by atoms with E-state index in [9.17, 15) is 14.0 Å². The van der Waals surface area contributed by atoms with Crippen molar-refractivity contribution in [2.45, 2.75) is 16.3 Å². The minimum absolute atomic E-state index is 0.112. The van der Waals surface area contributed by atoms with Gasteiger partial charge in [-0.05, 0) is 48.0 Å². The molecule has 1 heterocycles.